The molecule has 1 aromatic rings. The van der Waals surface area contributed by atoms with Gasteiger partial charge in [0.2, 0.25) is 21.8 Å². The summed E-state index contributed by atoms with van der Waals surface area (Å²) in [5.74, 6) is -1.32. The predicted octanol–water partition coefficient (Wildman–Crippen LogP) is 0.330. The van der Waals surface area contributed by atoms with Gasteiger partial charge >= 0.3 is 0 Å². The van der Waals surface area contributed by atoms with E-state index in [1.807, 2.05) is 0 Å². The largest absolute Gasteiger partial charge is 0.351 e. The molecule has 1 aliphatic heterocycles. The molecule has 3 rings (SSSR count). The fraction of sp³-hybridized carbons (Fsp3) is 0.600. The summed E-state index contributed by atoms with van der Waals surface area (Å²) < 4.78 is 63.0. The number of sulfonamides is 1. The summed E-state index contributed by atoms with van der Waals surface area (Å²) >= 11 is 0. The Morgan fingerprint density at radius 1 is 1.03 bits per heavy atom. The van der Waals surface area contributed by atoms with Crippen LogP contribution in [-0.2, 0) is 29.4 Å². The Kier molecular flexibility index (Phi) is 7.88. The van der Waals surface area contributed by atoms with Gasteiger partial charge in [-0.3, -0.25) is 9.59 Å². The van der Waals surface area contributed by atoms with Gasteiger partial charge in [0.25, 0.3) is 0 Å². The zero-order valence-corrected chi connectivity index (χ0v) is 19.2. The van der Waals surface area contributed by atoms with Crippen molar-refractivity contribution in [2.75, 3.05) is 24.6 Å². The molecule has 1 atom stereocenters. The highest BCUT2D eigenvalue weighted by Gasteiger charge is 2.30. The van der Waals surface area contributed by atoms with Crippen LogP contribution in [0.25, 0.3) is 0 Å². The Morgan fingerprint density at radius 3 is 2.28 bits per heavy atom. The first-order chi connectivity index (χ1) is 15.0. The van der Waals surface area contributed by atoms with Gasteiger partial charge in [-0.1, -0.05) is 0 Å². The Bertz CT molecular complexity index is 1040. The minimum atomic E-state index is -3.72. The highest BCUT2D eigenvalue weighted by Crippen LogP contribution is 2.28. The molecule has 0 bridgehead atoms. The lowest BCUT2D eigenvalue weighted by atomic mass is 9.81. The second kappa shape index (κ2) is 10.3. The van der Waals surface area contributed by atoms with E-state index in [1.165, 1.54) is 12.1 Å². The van der Waals surface area contributed by atoms with Crippen LogP contribution in [0.15, 0.2) is 29.2 Å². The first-order valence-corrected chi connectivity index (χ1v) is 13.9. The van der Waals surface area contributed by atoms with Crippen molar-refractivity contribution in [3.05, 3.63) is 30.1 Å². The molecule has 12 heteroatoms. The highest BCUT2D eigenvalue weighted by molar-refractivity contribution is 7.91. The zero-order chi connectivity index (χ0) is 23.4. The Balaban J connectivity index is 1.36. The molecule has 178 valence electrons. The molecular weight excluding hydrogens is 461 g/mol. The molecule has 1 saturated carbocycles. The molecule has 1 saturated heterocycles. The van der Waals surface area contributed by atoms with Crippen molar-refractivity contribution in [2.45, 2.75) is 43.0 Å². The van der Waals surface area contributed by atoms with Crippen molar-refractivity contribution >= 4 is 31.7 Å². The Hall–Kier alpha value is -2.05. The minimum absolute atomic E-state index is 0.000411. The van der Waals surface area contributed by atoms with Crippen LogP contribution >= 0.6 is 0 Å². The molecule has 1 heterocycles. The number of carbonyl (C=O) groups is 2. The molecule has 0 aromatic heterocycles. The monoisotopic (exact) mass is 489 g/mol. The molecule has 0 spiro atoms. The lowest BCUT2D eigenvalue weighted by Crippen LogP contribution is -2.44. The number of nitrogens with one attached hydrogen (secondary N) is 3. The van der Waals surface area contributed by atoms with E-state index in [1.54, 1.807) is 0 Å². The molecule has 1 unspecified atom stereocenters. The molecule has 2 amide bonds. The second-order valence-electron chi connectivity index (χ2n) is 8.41. The van der Waals surface area contributed by atoms with Gasteiger partial charge in [-0.15, -0.1) is 0 Å². The van der Waals surface area contributed by atoms with Gasteiger partial charge < -0.3 is 10.6 Å². The second-order valence-corrected chi connectivity index (χ2v) is 12.4. The van der Waals surface area contributed by atoms with Crippen LogP contribution in [0, 0.1) is 17.7 Å². The quantitative estimate of drug-likeness (QED) is 0.481. The Morgan fingerprint density at radius 2 is 1.69 bits per heavy atom. The number of benzene rings is 1. The number of carbonyl (C=O) groups excluding carboxylic acids is 2. The number of rotatable bonds is 8. The summed E-state index contributed by atoms with van der Waals surface area (Å²) in [5.41, 5.74) is 0. The standard InChI is InChI=1S/C20H28FN3O6S2/c21-16-5-7-18(8-6-16)32(29,30)23-11-14-1-3-15(4-2-14)20(26)22-12-19(25)24-17-9-10-31(27,28)13-17/h5-8,14-15,17,23H,1-4,9-13H2,(H,22,26)(H,24,25). The van der Waals surface area contributed by atoms with Gasteiger partial charge in [-0.05, 0) is 62.3 Å². The number of hydrogen-bond acceptors (Lipinski definition) is 6. The van der Waals surface area contributed by atoms with Crippen LogP contribution < -0.4 is 15.4 Å². The molecular formula is C20H28FN3O6S2. The van der Waals surface area contributed by atoms with E-state index in [9.17, 15) is 30.8 Å². The van der Waals surface area contributed by atoms with Crippen molar-refractivity contribution in [3.63, 3.8) is 0 Å². The topological polar surface area (TPSA) is 139 Å². The molecule has 1 aromatic carbocycles. The molecule has 1 aliphatic carbocycles. The number of sulfone groups is 1. The average molecular weight is 490 g/mol. The molecule has 3 N–H and O–H groups in total. The first kappa shape index (κ1) is 24.6. The van der Waals surface area contributed by atoms with Crippen LogP contribution in [0.4, 0.5) is 4.39 Å². The van der Waals surface area contributed by atoms with Crippen LogP contribution in [0.3, 0.4) is 0 Å². The predicted molar refractivity (Wildman–Crippen MR) is 115 cm³/mol. The normalized spacial score (nSPS) is 25.2. The van der Waals surface area contributed by atoms with Crippen molar-refractivity contribution < 1.29 is 30.8 Å². The molecule has 2 aliphatic rings. The maximum atomic E-state index is 13.0. The first-order valence-electron chi connectivity index (χ1n) is 10.6. The van der Waals surface area contributed by atoms with Crippen LogP contribution in [0.1, 0.15) is 32.1 Å². The van der Waals surface area contributed by atoms with Gasteiger partial charge in [0, 0.05) is 18.5 Å². The van der Waals surface area contributed by atoms with Crippen molar-refractivity contribution in [3.8, 4) is 0 Å². The van der Waals surface area contributed by atoms with Gasteiger partial charge in [0.05, 0.1) is 22.9 Å². The molecule has 0 radical (unpaired) electrons. The van der Waals surface area contributed by atoms with Crippen LogP contribution in [0.2, 0.25) is 0 Å². The van der Waals surface area contributed by atoms with E-state index in [2.05, 4.69) is 15.4 Å². The van der Waals surface area contributed by atoms with Crippen molar-refractivity contribution in [2.24, 2.45) is 11.8 Å². The summed E-state index contributed by atoms with van der Waals surface area (Å²) in [6, 6.07) is 4.20. The number of hydrogen-bond donors (Lipinski definition) is 3. The fourth-order valence-electron chi connectivity index (χ4n) is 4.05. The van der Waals surface area contributed by atoms with E-state index >= 15 is 0 Å². The van der Waals surface area contributed by atoms with Gasteiger partial charge in [-0.2, -0.15) is 0 Å². The minimum Gasteiger partial charge on any atom is -0.351 e. The lowest BCUT2D eigenvalue weighted by molar-refractivity contribution is -0.129. The number of halogens is 1. The van der Waals surface area contributed by atoms with Crippen molar-refractivity contribution in [1.82, 2.24) is 15.4 Å². The van der Waals surface area contributed by atoms with E-state index in [0.29, 0.717) is 32.1 Å². The molecule has 32 heavy (non-hydrogen) atoms. The summed E-state index contributed by atoms with van der Waals surface area (Å²) in [7, 11) is -6.81. The maximum Gasteiger partial charge on any atom is 0.240 e. The third-order valence-electron chi connectivity index (χ3n) is 5.92. The van der Waals surface area contributed by atoms with Crippen LogP contribution in [0.5, 0.6) is 0 Å². The SMILES string of the molecule is O=C(CNC(=O)C1CCC(CNS(=O)(=O)c2ccc(F)cc2)CC1)NC1CCS(=O)(=O)C1. The van der Waals surface area contributed by atoms with Gasteiger partial charge in [0.1, 0.15) is 5.82 Å². The lowest BCUT2D eigenvalue weighted by Gasteiger charge is -2.27. The van der Waals surface area contributed by atoms with E-state index in [0.717, 1.165) is 12.1 Å². The molecule has 9 nitrogen and oxygen atoms in total. The summed E-state index contributed by atoms with van der Waals surface area (Å²) in [6.45, 7) is 0.0352. The van der Waals surface area contributed by atoms with Crippen LogP contribution in [-0.4, -0.2) is 59.3 Å². The summed E-state index contributed by atoms with van der Waals surface area (Å²) in [4.78, 5) is 24.3. The van der Waals surface area contributed by atoms with Crippen molar-refractivity contribution in [1.29, 1.82) is 0 Å². The average Bonchev–Trinajstić information content (AvgIpc) is 3.09. The van der Waals surface area contributed by atoms with E-state index in [4.69, 9.17) is 0 Å². The number of amides is 2. The summed E-state index contributed by atoms with van der Waals surface area (Å²) in [6.07, 6.45) is 2.87. The van der Waals surface area contributed by atoms with E-state index in [-0.39, 0.29) is 47.2 Å². The third-order valence-corrected chi connectivity index (χ3v) is 9.13. The maximum absolute atomic E-state index is 13.0. The molecule has 2 fully saturated rings. The van der Waals surface area contributed by atoms with Gasteiger partial charge in [0.15, 0.2) is 9.84 Å². The zero-order valence-electron chi connectivity index (χ0n) is 17.5. The van der Waals surface area contributed by atoms with Gasteiger partial charge in [-0.25, -0.2) is 25.9 Å². The van der Waals surface area contributed by atoms with E-state index < -0.39 is 37.6 Å². The smallest absolute Gasteiger partial charge is 0.240 e. The third kappa shape index (κ3) is 6.97. The summed E-state index contributed by atoms with van der Waals surface area (Å²) in [5, 5.41) is 5.23. The fourth-order valence-corrected chi connectivity index (χ4v) is 6.84. The highest BCUT2D eigenvalue weighted by atomic mass is 32.2. The Labute approximate surface area is 187 Å².